The number of benzene rings is 1. The predicted molar refractivity (Wildman–Crippen MR) is 86.1 cm³/mol. The Morgan fingerprint density at radius 3 is 2.40 bits per heavy atom. The van der Waals surface area contributed by atoms with Crippen LogP contribution in [-0.2, 0) is 0 Å². The maximum absolute atomic E-state index is 9.14. The summed E-state index contributed by atoms with van der Waals surface area (Å²) in [5.41, 5.74) is 3.53. The van der Waals surface area contributed by atoms with Crippen molar-refractivity contribution >= 4 is 44.8 Å². The number of nitrogens with zero attached hydrogens (tertiary/aromatic N) is 2. The number of aliphatic imine (C=N–C) groups is 1. The number of aromatic nitrogens is 1. The molecule has 1 heterocycles. The van der Waals surface area contributed by atoms with Crippen LogP contribution in [0.4, 0.5) is 5.69 Å². The first-order chi connectivity index (χ1) is 9.69. The van der Waals surface area contributed by atoms with Crippen LogP contribution in [0.15, 0.2) is 58.3 Å². The summed E-state index contributed by atoms with van der Waals surface area (Å²) in [7, 11) is 0. The van der Waals surface area contributed by atoms with Gasteiger partial charge < -0.3 is 5.32 Å². The molecule has 0 bridgehead atoms. The first-order valence-electron chi connectivity index (χ1n) is 5.65. The second kappa shape index (κ2) is 7.09. The fraction of sp³-hybridized carbons (Fsp3) is 0. The minimum atomic E-state index is 0.237. The zero-order valence-corrected chi connectivity index (χ0v) is 12.6. The molecule has 20 heavy (non-hydrogen) atoms. The fourth-order valence-corrected chi connectivity index (χ4v) is 1.92. The van der Waals surface area contributed by atoms with Crippen molar-refractivity contribution in [3.05, 3.63) is 58.8 Å². The second-order valence-corrected chi connectivity index (χ2v) is 5.05. The maximum atomic E-state index is 9.14. The van der Waals surface area contributed by atoms with Crippen LogP contribution in [0.5, 0.6) is 0 Å². The maximum Gasteiger partial charge on any atom is 0.199 e. The lowest BCUT2D eigenvalue weighted by molar-refractivity contribution is 0.235. The van der Waals surface area contributed by atoms with Gasteiger partial charge in [0.2, 0.25) is 0 Å². The molecule has 0 saturated carbocycles. The van der Waals surface area contributed by atoms with Crippen LogP contribution in [0.25, 0.3) is 0 Å². The van der Waals surface area contributed by atoms with E-state index in [1.54, 1.807) is 24.5 Å². The highest BCUT2D eigenvalue weighted by Crippen LogP contribution is 2.14. The lowest BCUT2D eigenvalue weighted by Gasteiger charge is -2.07. The molecule has 0 unspecified atom stereocenters. The van der Waals surface area contributed by atoms with Gasteiger partial charge in [-0.05, 0) is 48.6 Å². The Labute approximate surface area is 129 Å². The summed E-state index contributed by atoms with van der Waals surface area (Å²) in [5.74, 6) is 0.252. The monoisotopic (exact) mass is 350 g/mol. The van der Waals surface area contributed by atoms with E-state index in [9.17, 15) is 0 Å². The van der Waals surface area contributed by atoms with Gasteiger partial charge in [0, 0.05) is 28.1 Å². The van der Waals surface area contributed by atoms with Gasteiger partial charge >= 0.3 is 0 Å². The number of rotatable bonds is 2. The van der Waals surface area contributed by atoms with Crippen molar-refractivity contribution in [2.75, 3.05) is 5.32 Å². The molecule has 2 aromatic rings. The summed E-state index contributed by atoms with van der Waals surface area (Å²) in [6.07, 6.45) is 3.21. The summed E-state index contributed by atoms with van der Waals surface area (Å²) < 4.78 is 0.979. The highest BCUT2D eigenvalue weighted by molar-refractivity contribution is 9.10. The molecule has 0 fully saturated rings. The summed E-state index contributed by atoms with van der Waals surface area (Å²) in [6.45, 7) is 0. The number of thiocarbonyl (C=S) groups is 1. The van der Waals surface area contributed by atoms with Crippen molar-refractivity contribution in [3.63, 3.8) is 0 Å². The van der Waals surface area contributed by atoms with Gasteiger partial charge in [0.15, 0.2) is 10.9 Å². The summed E-state index contributed by atoms with van der Waals surface area (Å²) in [6, 6.07) is 10.9. The van der Waals surface area contributed by atoms with E-state index in [1.165, 1.54) is 0 Å². The predicted octanol–water partition coefficient (Wildman–Crippen LogP) is 2.97. The van der Waals surface area contributed by atoms with Crippen LogP contribution in [0.1, 0.15) is 5.56 Å². The molecule has 7 heteroatoms. The third-order valence-corrected chi connectivity index (χ3v) is 3.09. The van der Waals surface area contributed by atoms with Crippen LogP contribution in [0.3, 0.4) is 0 Å². The molecule has 1 aromatic heterocycles. The van der Waals surface area contributed by atoms with Gasteiger partial charge in [-0.15, -0.1) is 0 Å². The molecule has 2 rings (SSSR count). The molecular formula is C13H11BrN4OS. The Morgan fingerprint density at radius 2 is 1.80 bits per heavy atom. The number of hydrogen-bond acceptors (Lipinski definition) is 3. The minimum absolute atomic E-state index is 0.237. The number of hydroxylamine groups is 1. The van der Waals surface area contributed by atoms with Gasteiger partial charge in [0.25, 0.3) is 0 Å². The third-order valence-electron chi connectivity index (χ3n) is 2.37. The van der Waals surface area contributed by atoms with Crippen LogP contribution in [0, 0.1) is 0 Å². The first-order valence-corrected chi connectivity index (χ1v) is 6.85. The van der Waals surface area contributed by atoms with Crippen molar-refractivity contribution < 1.29 is 5.21 Å². The lowest BCUT2D eigenvalue weighted by Crippen LogP contribution is -2.23. The molecule has 0 atom stereocenters. The Kier molecular flexibility index (Phi) is 5.16. The SMILES string of the molecule is ON/C(=N\C(=S)Nc1ccc(Br)cc1)c1ccncc1. The third kappa shape index (κ3) is 4.09. The molecule has 0 spiro atoms. The number of halogens is 1. The molecule has 0 amide bonds. The van der Waals surface area contributed by atoms with Gasteiger partial charge in [0.05, 0.1) is 0 Å². The molecule has 0 aliphatic rings. The first kappa shape index (κ1) is 14.6. The smallest absolute Gasteiger partial charge is 0.199 e. The van der Waals surface area contributed by atoms with Gasteiger partial charge in [-0.3, -0.25) is 15.7 Å². The van der Waals surface area contributed by atoms with E-state index in [0.717, 1.165) is 10.2 Å². The van der Waals surface area contributed by atoms with Crippen LogP contribution >= 0.6 is 28.1 Å². The number of anilines is 1. The average molecular weight is 351 g/mol. The van der Waals surface area contributed by atoms with Gasteiger partial charge in [-0.25, -0.2) is 4.99 Å². The topological polar surface area (TPSA) is 69.5 Å². The van der Waals surface area contributed by atoms with E-state index in [4.69, 9.17) is 17.4 Å². The zero-order valence-electron chi connectivity index (χ0n) is 10.2. The minimum Gasteiger partial charge on any atom is -0.331 e. The quantitative estimate of drug-likeness (QED) is 0.336. The molecule has 0 radical (unpaired) electrons. The normalized spacial score (nSPS) is 11.0. The molecule has 0 aliphatic carbocycles. The van der Waals surface area contributed by atoms with Crippen LogP contribution in [0.2, 0.25) is 0 Å². The summed E-state index contributed by atoms with van der Waals surface area (Å²) in [5, 5.41) is 12.3. The molecule has 1 aromatic carbocycles. The van der Waals surface area contributed by atoms with Crippen molar-refractivity contribution in [1.29, 1.82) is 0 Å². The van der Waals surface area contributed by atoms with E-state index in [2.05, 4.69) is 31.2 Å². The van der Waals surface area contributed by atoms with E-state index >= 15 is 0 Å². The molecule has 3 N–H and O–H groups in total. The van der Waals surface area contributed by atoms with Gasteiger partial charge in [0.1, 0.15) is 0 Å². The standard InChI is InChI=1S/C13H11BrN4OS/c14-10-1-3-11(4-2-10)16-13(20)17-12(18-19)9-5-7-15-8-6-9/h1-8,19H,(H2,16,17,18,20). The van der Waals surface area contributed by atoms with E-state index < -0.39 is 0 Å². The highest BCUT2D eigenvalue weighted by Gasteiger charge is 2.03. The fourth-order valence-electron chi connectivity index (χ4n) is 1.45. The highest BCUT2D eigenvalue weighted by atomic mass is 79.9. The summed E-state index contributed by atoms with van der Waals surface area (Å²) >= 11 is 8.49. The molecule has 102 valence electrons. The van der Waals surface area contributed by atoms with E-state index in [0.29, 0.717) is 5.56 Å². The number of pyridine rings is 1. The largest absolute Gasteiger partial charge is 0.331 e. The Balaban J connectivity index is 2.12. The molecule has 0 saturated heterocycles. The Bertz CT molecular complexity index is 616. The lowest BCUT2D eigenvalue weighted by atomic mass is 10.2. The zero-order chi connectivity index (χ0) is 14.4. The number of amidine groups is 1. The van der Waals surface area contributed by atoms with Crippen molar-refractivity contribution in [1.82, 2.24) is 10.5 Å². The van der Waals surface area contributed by atoms with Crippen molar-refractivity contribution in [2.24, 2.45) is 4.99 Å². The summed E-state index contributed by atoms with van der Waals surface area (Å²) in [4.78, 5) is 8.02. The number of hydrogen-bond donors (Lipinski definition) is 3. The molecule has 5 nitrogen and oxygen atoms in total. The van der Waals surface area contributed by atoms with Crippen LogP contribution < -0.4 is 10.8 Å². The van der Waals surface area contributed by atoms with Crippen molar-refractivity contribution in [2.45, 2.75) is 0 Å². The second-order valence-electron chi connectivity index (χ2n) is 3.75. The van der Waals surface area contributed by atoms with E-state index in [-0.39, 0.29) is 10.9 Å². The Hall–Kier alpha value is -1.83. The Morgan fingerprint density at radius 1 is 1.15 bits per heavy atom. The van der Waals surface area contributed by atoms with Gasteiger partial charge in [-0.2, -0.15) is 0 Å². The van der Waals surface area contributed by atoms with Crippen LogP contribution in [-0.4, -0.2) is 21.1 Å². The van der Waals surface area contributed by atoms with Gasteiger partial charge in [-0.1, -0.05) is 15.9 Å². The van der Waals surface area contributed by atoms with Crippen molar-refractivity contribution in [3.8, 4) is 0 Å². The number of nitrogens with one attached hydrogen (secondary N) is 2. The van der Waals surface area contributed by atoms with E-state index in [1.807, 2.05) is 29.7 Å². The molecule has 0 aliphatic heterocycles. The average Bonchev–Trinajstić information content (AvgIpc) is 2.48. The molecular weight excluding hydrogens is 340 g/mol.